The van der Waals surface area contributed by atoms with Crippen LogP contribution in [0, 0.1) is 0 Å². The second kappa shape index (κ2) is 7.05. The van der Waals surface area contributed by atoms with Crippen LogP contribution in [0.2, 0.25) is 0 Å². The van der Waals surface area contributed by atoms with Crippen molar-refractivity contribution in [3.05, 3.63) is 35.9 Å². The fourth-order valence-electron chi connectivity index (χ4n) is 1.62. The van der Waals surface area contributed by atoms with Gasteiger partial charge in [0.05, 0.1) is 6.54 Å². The van der Waals surface area contributed by atoms with E-state index < -0.39 is 11.5 Å². The lowest BCUT2D eigenvalue weighted by molar-refractivity contribution is -0.149. The molecule has 0 saturated heterocycles. The van der Waals surface area contributed by atoms with Crippen molar-refractivity contribution < 1.29 is 14.7 Å². The molecule has 0 aliphatic rings. The zero-order valence-electron chi connectivity index (χ0n) is 12.2. The maximum Gasteiger partial charge on any atom is 0.323 e. The lowest BCUT2D eigenvalue weighted by Crippen LogP contribution is -2.51. The van der Waals surface area contributed by atoms with Gasteiger partial charge in [0.2, 0.25) is 5.91 Å². The van der Waals surface area contributed by atoms with Crippen molar-refractivity contribution in [1.82, 2.24) is 10.2 Å². The van der Waals surface area contributed by atoms with Gasteiger partial charge in [-0.25, -0.2) is 0 Å². The van der Waals surface area contributed by atoms with Gasteiger partial charge in [0.25, 0.3) is 0 Å². The number of likely N-dealkylation sites (N-methyl/N-ethyl adjacent to an activating group) is 1. The normalized spacial score (nSPS) is 11.4. The molecule has 20 heavy (non-hydrogen) atoms. The molecule has 2 N–H and O–H groups in total. The van der Waals surface area contributed by atoms with Crippen molar-refractivity contribution in [3.8, 4) is 0 Å². The summed E-state index contributed by atoms with van der Waals surface area (Å²) in [7, 11) is 1.63. The summed E-state index contributed by atoms with van der Waals surface area (Å²) >= 11 is 0. The molecule has 5 nitrogen and oxygen atoms in total. The molecule has 0 spiro atoms. The highest BCUT2D eigenvalue weighted by Crippen LogP contribution is 2.11. The molecule has 0 fully saturated rings. The minimum atomic E-state index is -1.06. The fraction of sp³-hybridized carbons (Fsp3) is 0.467. The van der Waals surface area contributed by atoms with Crippen LogP contribution in [-0.2, 0) is 16.0 Å². The van der Waals surface area contributed by atoms with Gasteiger partial charge in [-0.15, -0.1) is 0 Å². The summed E-state index contributed by atoms with van der Waals surface area (Å²) in [5.74, 6) is -1.12. The molecule has 1 rings (SSSR count). The molecule has 1 aromatic carbocycles. The third-order valence-electron chi connectivity index (χ3n) is 3.44. The Balaban J connectivity index is 2.35. The van der Waals surface area contributed by atoms with Crippen LogP contribution < -0.4 is 5.32 Å². The molecule has 0 aliphatic carbocycles. The van der Waals surface area contributed by atoms with Crippen molar-refractivity contribution in [2.45, 2.75) is 25.8 Å². The van der Waals surface area contributed by atoms with Gasteiger partial charge in [-0.1, -0.05) is 30.3 Å². The van der Waals surface area contributed by atoms with Crippen LogP contribution in [0.15, 0.2) is 30.3 Å². The molecule has 0 unspecified atom stereocenters. The number of aliphatic carboxylic acids is 1. The Morgan fingerprint density at radius 2 is 1.85 bits per heavy atom. The number of carbonyl (C=O) groups excluding carboxylic acids is 1. The zero-order valence-corrected chi connectivity index (χ0v) is 12.2. The second-order valence-corrected chi connectivity index (χ2v) is 5.31. The van der Waals surface area contributed by atoms with Gasteiger partial charge in [-0.05, 0) is 32.9 Å². The SMILES string of the molecule is CN(CC(=O)NCCc1ccccc1)C(C)(C)C(=O)O. The Kier molecular flexibility index (Phi) is 5.70. The zero-order chi connectivity index (χ0) is 15.2. The first-order chi connectivity index (χ1) is 9.34. The summed E-state index contributed by atoms with van der Waals surface area (Å²) in [6, 6.07) is 9.88. The fourth-order valence-corrected chi connectivity index (χ4v) is 1.62. The molecule has 0 heterocycles. The van der Waals surface area contributed by atoms with E-state index in [-0.39, 0.29) is 12.5 Å². The van der Waals surface area contributed by atoms with E-state index in [0.29, 0.717) is 6.54 Å². The summed E-state index contributed by atoms with van der Waals surface area (Å²) in [6.07, 6.45) is 0.763. The second-order valence-electron chi connectivity index (χ2n) is 5.31. The number of carboxylic acids is 1. The molecule has 0 aliphatic heterocycles. The third-order valence-corrected chi connectivity index (χ3v) is 3.44. The number of rotatable bonds is 7. The van der Waals surface area contributed by atoms with Crippen LogP contribution in [-0.4, -0.2) is 47.6 Å². The first-order valence-electron chi connectivity index (χ1n) is 6.59. The maximum atomic E-state index is 11.8. The minimum absolute atomic E-state index is 0.0636. The standard InChI is InChI=1S/C15H22N2O3/c1-15(2,14(19)20)17(3)11-13(18)16-10-9-12-7-5-4-6-8-12/h4-8H,9-11H2,1-3H3,(H,16,18)(H,19,20). The van der Waals surface area contributed by atoms with Crippen molar-refractivity contribution in [2.75, 3.05) is 20.1 Å². The van der Waals surface area contributed by atoms with E-state index in [1.165, 1.54) is 4.90 Å². The van der Waals surface area contributed by atoms with E-state index in [2.05, 4.69) is 5.32 Å². The molecule has 0 radical (unpaired) electrons. The molecule has 0 bridgehead atoms. The summed E-state index contributed by atoms with van der Waals surface area (Å²) in [4.78, 5) is 24.4. The van der Waals surface area contributed by atoms with Gasteiger partial charge in [0.1, 0.15) is 5.54 Å². The Bertz CT molecular complexity index is 457. The van der Waals surface area contributed by atoms with Crippen LogP contribution in [0.25, 0.3) is 0 Å². The quantitative estimate of drug-likeness (QED) is 0.784. The average molecular weight is 278 g/mol. The Hall–Kier alpha value is -1.88. The third kappa shape index (κ3) is 4.66. The minimum Gasteiger partial charge on any atom is -0.480 e. The first kappa shape index (κ1) is 16.2. The van der Waals surface area contributed by atoms with E-state index in [1.807, 2.05) is 30.3 Å². The molecule has 1 aromatic rings. The van der Waals surface area contributed by atoms with Crippen molar-refractivity contribution in [3.63, 3.8) is 0 Å². The topological polar surface area (TPSA) is 69.6 Å². The van der Waals surface area contributed by atoms with Gasteiger partial charge in [0.15, 0.2) is 0 Å². The largest absolute Gasteiger partial charge is 0.480 e. The number of hydrogen-bond donors (Lipinski definition) is 2. The van der Waals surface area contributed by atoms with Gasteiger partial charge < -0.3 is 10.4 Å². The lowest BCUT2D eigenvalue weighted by Gasteiger charge is -2.30. The maximum absolute atomic E-state index is 11.8. The van der Waals surface area contributed by atoms with Crippen molar-refractivity contribution in [2.24, 2.45) is 0 Å². The van der Waals surface area contributed by atoms with Crippen LogP contribution >= 0.6 is 0 Å². The Labute approximate surface area is 119 Å². The van der Waals surface area contributed by atoms with Crippen LogP contribution in [0.4, 0.5) is 0 Å². The molecule has 0 atom stereocenters. The van der Waals surface area contributed by atoms with Gasteiger partial charge >= 0.3 is 5.97 Å². The molecule has 1 amide bonds. The Morgan fingerprint density at radius 3 is 2.40 bits per heavy atom. The number of nitrogens with one attached hydrogen (secondary N) is 1. The number of benzene rings is 1. The predicted molar refractivity (Wildman–Crippen MR) is 77.5 cm³/mol. The monoisotopic (exact) mass is 278 g/mol. The highest BCUT2D eigenvalue weighted by atomic mass is 16.4. The summed E-state index contributed by atoms with van der Waals surface area (Å²) < 4.78 is 0. The van der Waals surface area contributed by atoms with Gasteiger partial charge in [-0.2, -0.15) is 0 Å². The molecule has 5 heteroatoms. The number of amides is 1. The van der Waals surface area contributed by atoms with E-state index in [4.69, 9.17) is 5.11 Å². The molecule has 110 valence electrons. The Morgan fingerprint density at radius 1 is 1.25 bits per heavy atom. The van der Waals surface area contributed by atoms with E-state index in [1.54, 1.807) is 20.9 Å². The van der Waals surface area contributed by atoms with Gasteiger partial charge in [-0.3, -0.25) is 14.5 Å². The predicted octanol–water partition coefficient (Wildman–Crippen LogP) is 1.14. The van der Waals surface area contributed by atoms with Crippen LogP contribution in [0.3, 0.4) is 0 Å². The highest BCUT2D eigenvalue weighted by molar-refractivity contribution is 5.81. The highest BCUT2D eigenvalue weighted by Gasteiger charge is 2.32. The molecule has 0 aromatic heterocycles. The van der Waals surface area contributed by atoms with E-state index >= 15 is 0 Å². The number of hydrogen-bond acceptors (Lipinski definition) is 3. The average Bonchev–Trinajstić information content (AvgIpc) is 2.39. The van der Waals surface area contributed by atoms with E-state index in [9.17, 15) is 9.59 Å². The molecular weight excluding hydrogens is 256 g/mol. The first-order valence-corrected chi connectivity index (χ1v) is 6.59. The van der Waals surface area contributed by atoms with E-state index in [0.717, 1.165) is 12.0 Å². The number of nitrogens with zero attached hydrogens (tertiary/aromatic N) is 1. The van der Waals surface area contributed by atoms with Crippen molar-refractivity contribution >= 4 is 11.9 Å². The number of carboxylic acid groups (broad SMARTS) is 1. The summed E-state index contributed by atoms with van der Waals surface area (Å²) in [5, 5.41) is 11.9. The smallest absolute Gasteiger partial charge is 0.323 e. The summed E-state index contributed by atoms with van der Waals surface area (Å²) in [6.45, 7) is 3.76. The molecular formula is C15H22N2O3. The van der Waals surface area contributed by atoms with Crippen LogP contribution in [0.1, 0.15) is 19.4 Å². The van der Waals surface area contributed by atoms with Crippen molar-refractivity contribution in [1.29, 1.82) is 0 Å². The summed E-state index contributed by atoms with van der Waals surface area (Å²) in [5.41, 5.74) is 0.101. The van der Waals surface area contributed by atoms with Crippen LogP contribution in [0.5, 0.6) is 0 Å². The molecule has 0 saturated carbocycles. The number of carbonyl (C=O) groups is 2. The van der Waals surface area contributed by atoms with Gasteiger partial charge in [0, 0.05) is 6.54 Å². The lowest BCUT2D eigenvalue weighted by atomic mass is 10.0.